The van der Waals surface area contributed by atoms with E-state index < -0.39 is 6.10 Å². The second-order valence-corrected chi connectivity index (χ2v) is 4.68. The molecule has 19 heavy (non-hydrogen) atoms. The molecule has 1 N–H and O–H groups in total. The summed E-state index contributed by atoms with van der Waals surface area (Å²) in [4.78, 5) is 4.51. The van der Waals surface area contributed by atoms with Gasteiger partial charge in [-0.15, -0.1) is 0 Å². The number of benzene rings is 2. The first-order chi connectivity index (χ1) is 9.25. The highest BCUT2D eigenvalue weighted by Gasteiger charge is 2.12. The molecule has 0 saturated heterocycles. The van der Waals surface area contributed by atoms with Crippen LogP contribution in [0.2, 0.25) is 0 Å². The topological polar surface area (TPSA) is 38.0 Å². The van der Waals surface area contributed by atoms with E-state index in [-0.39, 0.29) is 0 Å². The van der Waals surface area contributed by atoms with Gasteiger partial charge in [-0.25, -0.2) is 4.98 Å². The normalized spacial score (nSPS) is 12.7. The number of para-hydroxylation sites is 2. The second-order valence-electron chi connectivity index (χ2n) is 4.68. The van der Waals surface area contributed by atoms with Gasteiger partial charge in [0.15, 0.2) is 0 Å². The summed E-state index contributed by atoms with van der Waals surface area (Å²) in [5.41, 5.74) is 2.97. The molecule has 3 rings (SSSR count). The van der Waals surface area contributed by atoms with Gasteiger partial charge in [0.1, 0.15) is 5.82 Å². The highest BCUT2D eigenvalue weighted by atomic mass is 16.3. The lowest BCUT2D eigenvalue weighted by atomic mass is 10.1. The number of aliphatic hydroxyl groups is 1. The molecule has 0 unspecified atom stereocenters. The van der Waals surface area contributed by atoms with E-state index in [1.54, 1.807) is 0 Å². The molecule has 1 aromatic heterocycles. The number of aliphatic hydroxyl groups excluding tert-OH is 1. The maximum atomic E-state index is 10.3. The monoisotopic (exact) mass is 252 g/mol. The molecule has 0 aliphatic rings. The van der Waals surface area contributed by atoms with E-state index in [2.05, 4.69) is 9.55 Å². The third kappa shape index (κ3) is 2.25. The Hall–Kier alpha value is -2.13. The van der Waals surface area contributed by atoms with Crippen LogP contribution in [0.3, 0.4) is 0 Å². The lowest BCUT2D eigenvalue weighted by Gasteiger charge is -2.13. The summed E-state index contributed by atoms with van der Waals surface area (Å²) in [6.45, 7) is 2.49. The van der Waals surface area contributed by atoms with Crippen molar-refractivity contribution in [3.8, 4) is 0 Å². The van der Waals surface area contributed by atoms with Gasteiger partial charge in [-0.2, -0.15) is 0 Å². The Morgan fingerprint density at radius 2 is 1.74 bits per heavy atom. The summed E-state index contributed by atoms with van der Waals surface area (Å²) in [6.07, 6.45) is -0.516. The quantitative estimate of drug-likeness (QED) is 0.778. The molecular weight excluding hydrogens is 236 g/mol. The Bertz CT molecular complexity index is 688. The number of imidazole rings is 1. The SMILES string of the molecule is Cc1nc2ccccc2n1C[C@H](O)c1ccccc1. The Balaban J connectivity index is 1.95. The molecule has 0 spiro atoms. The van der Waals surface area contributed by atoms with Crippen LogP contribution in [-0.2, 0) is 6.54 Å². The van der Waals surface area contributed by atoms with Gasteiger partial charge in [0.25, 0.3) is 0 Å². The summed E-state index contributed by atoms with van der Waals surface area (Å²) >= 11 is 0. The molecule has 3 heteroatoms. The average molecular weight is 252 g/mol. The van der Waals surface area contributed by atoms with Gasteiger partial charge in [0, 0.05) is 0 Å². The van der Waals surface area contributed by atoms with Crippen LogP contribution in [-0.4, -0.2) is 14.7 Å². The number of hydrogen-bond acceptors (Lipinski definition) is 2. The van der Waals surface area contributed by atoms with Crippen LogP contribution >= 0.6 is 0 Å². The van der Waals surface area contributed by atoms with Crippen molar-refractivity contribution in [1.82, 2.24) is 9.55 Å². The number of fused-ring (bicyclic) bond motifs is 1. The lowest BCUT2D eigenvalue weighted by Crippen LogP contribution is -2.09. The third-order valence-electron chi connectivity index (χ3n) is 3.39. The van der Waals surface area contributed by atoms with Crippen molar-refractivity contribution >= 4 is 11.0 Å². The first-order valence-electron chi connectivity index (χ1n) is 6.40. The van der Waals surface area contributed by atoms with E-state index in [4.69, 9.17) is 0 Å². The molecule has 0 aliphatic heterocycles. The number of aromatic nitrogens is 2. The van der Waals surface area contributed by atoms with E-state index in [1.807, 2.05) is 61.5 Å². The van der Waals surface area contributed by atoms with Crippen LogP contribution in [0.25, 0.3) is 11.0 Å². The third-order valence-corrected chi connectivity index (χ3v) is 3.39. The fraction of sp³-hybridized carbons (Fsp3) is 0.188. The first-order valence-corrected chi connectivity index (χ1v) is 6.40. The second kappa shape index (κ2) is 4.86. The predicted molar refractivity (Wildman–Crippen MR) is 75.9 cm³/mol. The van der Waals surface area contributed by atoms with E-state index >= 15 is 0 Å². The van der Waals surface area contributed by atoms with E-state index in [0.717, 1.165) is 22.4 Å². The van der Waals surface area contributed by atoms with Crippen LogP contribution < -0.4 is 0 Å². The van der Waals surface area contributed by atoms with Crippen LogP contribution in [0, 0.1) is 6.92 Å². The van der Waals surface area contributed by atoms with Crippen LogP contribution in [0.5, 0.6) is 0 Å². The van der Waals surface area contributed by atoms with Gasteiger partial charge >= 0.3 is 0 Å². The summed E-state index contributed by atoms with van der Waals surface area (Å²) < 4.78 is 2.06. The summed E-state index contributed by atoms with van der Waals surface area (Å²) in [7, 11) is 0. The summed E-state index contributed by atoms with van der Waals surface area (Å²) in [5, 5.41) is 10.3. The fourth-order valence-electron chi connectivity index (χ4n) is 2.38. The maximum Gasteiger partial charge on any atom is 0.106 e. The largest absolute Gasteiger partial charge is 0.387 e. The molecular formula is C16H16N2O. The van der Waals surface area contributed by atoms with E-state index in [1.165, 1.54) is 0 Å². The Morgan fingerprint density at radius 1 is 1.05 bits per heavy atom. The molecule has 1 heterocycles. The number of hydrogen-bond donors (Lipinski definition) is 1. The Morgan fingerprint density at radius 3 is 2.53 bits per heavy atom. The minimum atomic E-state index is -0.516. The molecule has 3 aromatic rings. The zero-order chi connectivity index (χ0) is 13.2. The highest BCUT2D eigenvalue weighted by molar-refractivity contribution is 5.75. The molecule has 0 radical (unpaired) electrons. The molecule has 3 nitrogen and oxygen atoms in total. The van der Waals surface area contributed by atoms with Gasteiger partial charge < -0.3 is 9.67 Å². The van der Waals surface area contributed by atoms with E-state index in [0.29, 0.717) is 6.54 Å². The molecule has 0 aliphatic carbocycles. The van der Waals surface area contributed by atoms with Crippen molar-refractivity contribution < 1.29 is 5.11 Å². The van der Waals surface area contributed by atoms with Crippen LogP contribution in [0.1, 0.15) is 17.5 Å². The summed E-state index contributed by atoms with van der Waals surface area (Å²) in [5.74, 6) is 0.927. The van der Waals surface area contributed by atoms with Crippen molar-refractivity contribution in [3.63, 3.8) is 0 Å². The van der Waals surface area contributed by atoms with Crippen molar-refractivity contribution in [3.05, 3.63) is 66.0 Å². The van der Waals surface area contributed by atoms with Gasteiger partial charge in [0.2, 0.25) is 0 Å². The number of nitrogens with zero attached hydrogens (tertiary/aromatic N) is 2. The smallest absolute Gasteiger partial charge is 0.106 e. The van der Waals surface area contributed by atoms with Crippen molar-refractivity contribution in [2.24, 2.45) is 0 Å². The van der Waals surface area contributed by atoms with Crippen LogP contribution in [0.4, 0.5) is 0 Å². The predicted octanol–water partition coefficient (Wildman–Crippen LogP) is 3.08. The molecule has 0 bridgehead atoms. The maximum absolute atomic E-state index is 10.3. The van der Waals surface area contributed by atoms with Gasteiger partial charge in [0.05, 0.1) is 23.7 Å². The molecule has 96 valence electrons. The average Bonchev–Trinajstić information content (AvgIpc) is 2.76. The van der Waals surface area contributed by atoms with Gasteiger partial charge in [-0.05, 0) is 24.6 Å². The molecule has 1 atom stereocenters. The molecule has 0 saturated carbocycles. The number of rotatable bonds is 3. The Labute approximate surface area is 112 Å². The first kappa shape index (κ1) is 11.9. The molecule has 0 fully saturated rings. The van der Waals surface area contributed by atoms with Crippen molar-refractivity contribution in [1.29, 1.82) is 0 Å². The standard InChI is InChI=1S/C16H16N2O/c1-12-17-14-9-5-6-10-15(14)18(12)11-16(19)13-7-3-2-4-8-13/h2-10,16,19H,11H2,1H3/t16-/m0/s1. The minimum Gasteiger partial charge on any atom is -0.387 e. The van der Waals surface area contributed by atoms with E-state index in [9.17, 15) is 5.11 Å². The van der Waals surface area contributed by atoms with Crippen LogP contribution in [0.15, 0.2) is 54.6 Å². The zero-order valence-corrected chi connectivity index (χ0v) is 10.8. The van der Waals surface area contributed by atoms with Crippen molar-refractivity contribution in [2.45, 2.75) is 19.6 Å². The fourth-order valence-corrected chi connectivity index (χ4v) is 2.38. The lowest BCUT2D eigenvalue weighted by molar-refractivity contribution is 0.157. The molecule has 2 aromatic carbocycles. The summed E-state index contributed by atoms with van der Waals surface area (Å²) in [6, 6.07) is 17.7. The van der Waals surface area contributed by atoms with Crippen molar-refractivity contribution in [2.75, 3.05) is 0 Å². The number of aryl methyl sites for hydroxylation is 1. The zero-order valence-electron chi connectivity index (χ0n) is 10.8. The van der Waals surface area contributed by atoms with Gasteiger partial charge in [-0.1, -0.05) is 42.5 Å². The minimum absolute atomic E-state index is 0.516. The molecule has 0 amide bonds. The highest BCUT2D eigenvalue weighted by Crippen LogP contribution is 2.20. The Kier molecular flexibility index (Phi) is 3.05. The van der Waals surface area contributed by atoms with Gasteiger partial charge in [-0.3, -0.25) is 0 Å².